The molecule has 3 aliphatic heterocycles. The standard InChI is InChI=1S/C22H18ClFN4O4/c23-13-4-2-1-3-10(13)9-28-19(30)17-15(8-16(25)29)27-22(18(17)20(28)31)12-7-11(24)5-6-14(12)26-21(22)32/h1-7,15,17-18,27H,8-9H2,(H2,25,29)(H,26,32)/t15-,17-,18+,22-/m1/s1. The Morgan fingerprint density at radius 3 is 2.62 bits per heavy atom. The summed E-state index contributed by atoms with van der Waals surface area (Å²) in [4.78, 5) is 53.0. The van der Waals surface area contributed by atoms with Crippen LogP contribution in [0.5, 0.6) is 0 Å². The van der Waals surface area contributed by atoms with E-state index in [1.54, 1.807) is 24.3 Å². The van der Waals surface area contributed by atoms with Crippen LogP contribution < -0.4 is 16.4 Å². The maximum atomic E-state index is 14.1. The van der Waals surface area contributed by atoms with Crippen molar-refractivity contribution in [1.82, 2.24) is 10.2 Å². The van der Waals surface area contributed by atoms with E-state index < -0.39 is 52.9 Å². The smallest absolute Gasteiger partial charge is 0.250 e. The van der Waals surface area contributed by atoms with Gasteiger partial charge in [-0.1, -0.05) is 29.8 Å². The molecule has 4 atom stereocenters. The zero-order chi connectivity index (χ0) is 22.8. The average molecular weight is 457 g/mol. The van der Waals surface area contributed by atoms with Crippen LogP contribution in [0, 0.1) is 17.7 Å². The van der Waals surface area contributed by atoms with Crippen LogP contribution in [0.4, 0.5) is 10.1 Å². The first-order valence-electron chi connectivity index (χ1n) is 10.00. The number of primary amides is 1. The van der Waals surface area contributed by atoms with Gasteiger partial charge < -0.3 is 11.1 Å². The second-order valence-electron chi connectivity index (χ2n) is 8.23. The van der Waals surface area contributed by atoms with Gasteiger partial charge in [0.25, 0.3) is 0 Å². The first-order chi connectivity index (χ1) is 15.2. The third-order valence-corrected chi connectivity index (χ3v) is 6.84. The number of hydrogen-bond donors (Lipinski definition) is 3. The predicted molar refractivity (Wildman–Crippen MR) is 111 cm³/mol. The molecule has 2 aromatic rings. The lowest BCUT2D eigenvalue weighted by molar-refractivity contribution is -0.143. The number of likely N-dealkylation sites (tertiary alicyclic amines) is 1. The SMILES string of the molecule is NC(=O)C[C@H]1N[C@@]2(C(=O)Nc3ccc(F)cc32)[C@@H]2C(=O)N(Cc3ccccc3Cl)C(=O)[C@@H]21. The molecule has 32 heavy (non-hydrogen) atoms. The molecule has 2 fully saturated rings. The van der Waals surface area contributed by atoms with Crippen LogP contribution in [0.3, 0.4) is 0 Å². The third kappa shape index (κ3) is 2.78. The van der Waals surface area contributed by atoms with Crippen LogP contribution in [0.15, 0.2) is 42.5 Å². The Hall–Kier alpha value is -3.30. The fraction of sp³-hybridized carbons (Fsp3) is 0.273. The van der Waals surface area contributed by atoms with Crippen molar-refractivity contribution in [2.75, 3.05) is 5.32 Å². The van der Waals surface area contributed by atoms with Gasteiger partial charge in [-0.15, -0.1) is 0 Å². The molecule has 8 nitrogen and oxygen atoms in total. The molecule has 10 heteroatoms. The second kappa shape index (κ2) is 7.11. The van der Waals surface area contributed by atoms with Crippen molar-refractivity contribution in [2.45, 2.75) is 24.5 Å². The quantitative estimate of drug-likeness (QED) is 0.598. The molecular weight excluding hydrogens is 439 g/mol. The van der Waals surface area contributed by atoms with E-state index in [4.69, 9.17) is 17.3 Å². The molecule has 4 N–H and O–H groups in total. The number of nitrogens with two attached hydrogens (primary N) is 1. The Balaban J connectivity index is 1.62. The Labute approximate surface area is 186 Å². The van der Waals surface area contributed by atoms with E-state index in [0.29, 0.717) is 16.3 Å². The van der Waals surface area contributed by atoms with E-state index in [-0.39, 0.29) is 18.5 Å². The summed E-state index contributed by atoms with van der Waals surface area (Å²) < 4.78 is 14.1. The molecule has 0 radical (unpaired) electrons. The molecule has 0 aliphatic carbocycles. The summed E-state index contributed by atoms with van der Waals surface area (Å²) in [6.07, 6.45) is -0.264. The van der Waals surface area contributed by atoms with Crippen molar-refractivity contribution in [3.63, 3.8) is 0 Å². The molecular formula is C22H18ClFN4O4. The van der Waals surface area contributed by atoms with Crippen molar-refractivity contribution in [3.8, 4) is 0 Å². The Morgan fingerprint density at radius 1 is 1.16 bits per heavy atom. The van der Waals surface area contributed by atoms with Crippen molar-refractivity contribution in [3.05, 3.63) is 64.4 Å². The van der Waals surface area contributed by atoms with Gasteiger partial charge in [0.2, 0.25) is 23.6 Å². The highest BCUT2D eigenvalue weighted by Gasteiger charge is 2.70. The lowest BCUT2D eigenvalue weighted by Gasteiger charge is -2.29. The number of benzene rings is 2. The molecule has 4 amide bonds. The number of nitrogens with one attached hydrogen (secondary N) is 2. The van der Waals surface area contributed by atoms with Gasteiger partial charge in [0.15, 0.2) is 0 Å². The summed E-state index contributed by atoms with van der Waals surface area (Å²) in [6, 6.07) is 9.68. The fourth-order valence-electron chi connectivity index (χ4n) is 5.18. The minimum atomic E-state index is -1.69. The largest absolute Gasteiger partial charge is 0.370 e. The normalized spacial score (nSPS) is 28.2. The second-order valence-corrected chi connectivity index (χ2v) is 8.64. The van der Waals surface area contributed by atoms with Crippen LogP contribution in [0.1, 0.15) is 17.5 Å². The lowest BCUT2D eigenvalue weighted by atomic mass is 9.76. The highest BCUT2D eigenvalue weighted by atomic mass is 35.5. The molecule has 3 aliphatic rings. The summed E-state index contributed by atoms with van der Waals surface area (Å²) in [5.74, 6) is -5.18. The number of carbonyl (C=O) groups excluding carboxylic acids is 4. The number of imide groups is 1. The number of anilines is 1. The maximum Gasteiger partial charge on any atom is 0.250 e. The van der Waals surface area contributed by atoms with E-state index in [1.807, 2.05) is 0 Å². The van der Waals surface area contributed by atoms with Gasteiger partial charge in [-0.25, -0.2) is 4.39 Å². The first-order valence-corrected chi connectivity index (χ1v) is 10.4. The highest BCUT2D eigenvalue weighted by Crippen LogP contribution is 2.53. The van der Waals surface area contributed by atoms with Gasteiger partial charge in [0.1, 0.15) is 11.4 Å². The van der Waals surface area contributed by atoms with E-state index in [2.05, 4.69) is 10.6 Å². The molecule has 5 rings (SSSR count). The highest BCUT2D eigenvalue weighted by molar-refractivity contribution is 6.31. The van der Waals surface area contributed by atoms with Gasteiger partial charge in [-0.2, -0.15) is 0 Å². The van der Waals surface area contributed by atoms with Crippen LogP contribution in [0.25, 0.3) is 0 Å². The number of nitrogens with zero attached hydrogens (tertiary/aromatic N) is 1. The van der Waals surface area contributed by atoms with Crippen molar-refractivity contribution in [1.29, 1.82) is 0 Å². The van der Waals surface area contributed by atoms with E-state index in [0.717, 1.165) is 4.90 Å². The minimum Gasteiger partial charge on any atom is -0.370 e. The summed E-state index contributed by atoms with van der Waals surface area (Å²) in [7, 11) is 0. The van der Waals surface area contributed by atoms with Gasteiger partial charge in [-0.05, 0) is 29.8 Å². The van der Waals surface area contributed by atoms with Crippen LogP contribution in [-0.4, -0.2) is 34.6 Å². The molecule has 0 bridgehead atoms. The van der Waals surface area contributed by atoms with Crippen molar-refractivity contribution >= 4 is 40.9 Å². The first kappa shape index (κ1) is 20.6. The van der Waals surface area contributed by atoms with E-state index in [1.165, 1.54) is 18.2 Å². The predicted octanol–water partition coefficient (Wildman–Crippen LogP) is 1.28. The van der Waals surface area contributed by atoms with Gasteiger partial charge in [0, 0.05) is 28.7 Å². The number of carbonyl (C=O) groups is 4. The molecule has 164 valence electrons. The number of halogens is 2. The van der Waals surface area contributed by atoms with E-state index in [9.17, 15) is 23.6 Å². The molecule has 0 saturated carbocycles. The molecule has 3 heterocycles. The average Bonchev–Trinajstić information content (AvgIpc) is 3.30. The monoisotopic (exact) mass is 456 g/mol. The Morgan fingerprint density at radius 2 is 1.91 bits per heavy atom. The molecule has 2 aromatic carbocycles. The summed E-state index contributed by atoms with van der Waals surface area (Å²) in [6.45, 7) is -0.0820. The van der Waals surface area contributed by atoms with Crippen LogP contribution in [0.2, 0.25) is 5.02 Å². The van der Waals surface area contributed by atoms with Crippen molar-refractivity contribution < 1.29 is 23.6 Å². The van der Waals surface area contributed by atoms with Crippen LogP contribution in [-0.2, 0) is 31.3 Å². The molecule has 1 spiro atoms. The van der Waals surface area contributed by atoms with Crippen LogP contribution >= 0.6 is 11.6 Å². The molecule has 0 unspecified atom stereocenters. The zero-order valence-electron chi connectivity index (χ0n) is 16.6. The Bertz CT molecular complexity index is 1200. The van der Waals surface area contributed by atoms with Gasteiger partial charge in [-0.3, -0.25) is 29.4 Å². The fourth-order valence-corrected chi connectivity index (χ4v) is 5.37. The number of hydrogen-bond acceptors (Lipinski definition) is 5. The maximum absolute atomic E-state index is 14.1. The molecule has 2 saturated heterocycles. The minimum absolute atomic E-state index is 0.0820. The lowest BCUT2D eigenvalue weighted by Crippen LogP contribution is -2.53. The third-order valence-electron chi connectivity index (χ3n) is 6.48. The summed E-state index contributed by atoms with van der Waals surface area (Å²) >= 11 is 6.22. The summed E-state index contributed by atoms with van der Waals surface area (Å²) in [5.41, 5.74) is 4.83. The Kier molecular flexibility index (Phi) is 4.58. The van der Waals surface area contributed by atoms with Gasteiger partial charge >= 0.3 is 0 Å². The number of amides is 4. The molecule has 0 aromatic heterocycles. The van der Waals surface area contributed by atoms with Crippen molar-refractivity contribution in [2.24, 2.45) is 17.6 Å². The topological polar surface area (TPSA) is 122 Å². The number of fused-ring (bicyclic) bond motifs is 4. The number of rotatable bonds is 4. The van der Waals surface area contributed by atoms with E-state index >= 15 is 0 Å². The zero-order valence-corrected chi connectivity index (χ0v) is 17.4. The summed E-state index contributed by atoms with van der Waals surface area (Å²) in [5, 5.41) is 6.07. The van der Waals surface area contributed by atoms with Gasteiger partial charge in [0.05, 0.1) is 18.4 Å².